The largest absolute Gasteiger partial charge is 0.416 e. The minimum Gasteiger partial charge on any atom is -0.383 e. The van der Waals surface area contributed by atoms with Gasteiger partial charge in [0.05, 0.1) is 16.6 Å². The number of nitrogen functional groups attached to an aromatic ring is 1. The number of carbonyl (C=O) groups excluding carboxylic acids is 1. The fraction of sp³-hybridized carbons (Fsp3) is 0.312. The average Bonchev–Trinajstić information content (AvgIpc) is 3.79. The van der Waals surface area contributed by atoms with E-state index in [2.05, 4.69) is 35.1 Å². The van der Waals surface area contributed by atoms with Gasteiger partial charge in [0.15, 0.2) is 0 Å². The van der Waals surface area contributed by atoms with Gasteiger partial charge in [0, 0.05) is 74.0 Å². The number of benzene rings is 2. The van der Waals surface area contributed by atoms with Crippen molar-refractivity contribution >= 4 is 45.0 Å². The van der Waals surface area contributed by atoms with Gasteiger partial charge < -0.3 is 25.8 Å². The summed E-state index contributed by atoms with van der Waals surface area (Å²) in [6, 6.07) is 9.12. The highest BCUT2D eigenvalue weighted by Crippen LogP contribution is 2.44. The molecule has 4 heterocycles. The third-order valence-corrected chi connectivity index (χ3v) is 8.60. The number of hydrogen-bond acceptors (Lipinski definition) is 7. The molecule has 1 aliphatic carbocycles. The number of alkyl halides is 3. The molecule has 1 saturated carbocycles. The van der Waals surface area contributed by atoms with Crippen LogP contribution in [-0.2, 0) is 12.7 Å². The van der Waals surface area contributed by atoms with Crippen LogP contribution in [0.25, 0.3) is 32.9 Å². The summed E-state index contributed by atoms with van der Waals surface area (Å²) >= 11 is 0. The number of likely N-dealkylation sites (N-methyl/N-ethyl adjacent to an activating group) is 1. The standard InChI is InChI=1S/C32H32F3N9O/c1-42-10-12-43(13-11-42)16-19-2-3-20(14-26(19)32(33,34)35)40-31(45)41-27-7-6-22(23-8-9-37-15-24(23)27)25-17-44(21-4-5-21)30-28(25)29(36)38-18-39-30/h2-3,6-9,14-15,17-18,21H,4-5,10-13,16H2,1H3,(H2,36,38,39)(H2,40,41,45). The van der Waals surface area contributed by atoms with Crippen LogP contribution in [-0.4, -0.2) is 68.6 Å². The molecular weight excluding hydrogens is 583 g/mol. The van der Waals surface area contributed by atoms with E-state index in [-0.39, 0.29) is 17.8 Å². The van der Waals surface area contributed by atoms with Crippen molar-refractivity contribution in [1.29, 1.82) is 0 Å². The number of anilines is 3. The molecule has 10 nitrogen and oxygen atoms in total. The maximum Gasteiger partial charge on any atom is 0.416 e. The first-order chi connectivity index (χ1) is 21.7. The molecule has 0 bridgehead atoms. The number of halogens is 3. The van der Waals surface area contributed by atoms with Crippen LogP contribution in [0.15, 0.2) is 61.3 Å². The second-order valence-electron chi connectivity index (χ2n) is 11.7. The fourth-order valence-corrected chi connectivity index (χ4v) is 6.07. The Labute approximate surface area is 257 Å². The number of nitrogens with zero attached hydrogens (tertiary/aromatic N) is 6. The van der Waals surface area contributed by atoms with Crippen LogP contribution in [0.3, 0.4) is 0 Å². The molecule has 1 aliphatic heterocycles. The second kappa shape index (κ2) is 11.3. The van der Waals surface area contributed by atoms with E-state index in [0.29, 0.717) is 36.0 Å². The molecule has 2 amide bonds. The Balaban J connectivity index is 1.15. The van der Waals surface area contributed by atoms with Crippen LogP contribution in [0.2, 0.25) is 0 Å². The maximum atomic E-state index is 14.1. The molecule has 3 aromatic heterocycles. The molecule has 0 radical (unpaired) electrons. The van der Waals surface area contributed by atoms with E-state index in [1.165, 1.54) is 18.5 Å². The molecule has 5 aromatic rings. The Morgan fingerprint density at radius 3 is 2.56 bits per heavy atom. The summed E-state index contributed by atoms with van der Waals surface area (Å²) in [5, 5.41) is 7.61. The van der Waals surface area contributed by atoms with Gasteiger partial charge in [-0.05, 0) is 60.7 Å². The number of nitrogens with one attached hydrogen (secondary N) is 2. The number of hydrogen-bond donors (Lipinski definition) is 3. The van der Waals surface area contributed by atoms with Gasteiger partial charge in [0.25, 0.3) is 0 Å². The normalized spacial score (nSPS) is 16.4. The SMILES string of the molecule is CN1CCN(Cc2ccc(NC(=O)Nc3ccc(-c4cn(C5CC5)c5ncnc(N)c45)c4ccncc34)cc2C(F)(F)F)CC1. The summed E-state index contributed by atoms with van der Waals surface area (Å²) in [5.41, 5.74) is 8.77. The van der Waals surface area contributed by atoms with Crippen molar-refractivity contribution in [2.24, 2.45) is 0 Å². The lowest BCUT2D eigenvalue weighted by molar-refractivity contribution is -0.138. The highest BCUT2D eigenvalue weighted by molar-refractivity contribution is 6.13. The van der Waals surface area contributed by atoms with Crippen LogP contribution in [0.5, 0.6) is 0 Å². The van der Waals surface area contributed by atoms with Crippen molar-refractivity contribution in [3.8, 4) is 11.1 Å². The van der Waals surface area contributed by atoms with Gasteiger partial charge in [-0.2, -0.15) is 13.2 Å². The summed E-state index contributed by atoms with van der Waals surface area (Å²) in [4.78, 5) is 30.3. The molecule has 7 rings (SSSR count). The Bertz CT molecular complexity index is 1910. The zero-order valence-electron chi connectivity index (χ0n) is 24.6. The summed E-state index contributed by atoms with van der Waals surface area (Å²) in [5.74, 6) is 0.381. The third kappa shape index (κ3) is 5.76. The average molecular weight is 616 g/mol. The smallest absolute Gasteiger partial charge is 0.383 e. The Kier molecular flexibility index (Phi) is 7.29. The molecule has 2 fully saturated rings. The molecule has 4 N–H and O–H groups in total. The number of rotatable bonds is 6. The highest BCUT2D eigenvalue weighted by Gasteiger charge is 2.34. The number of carbonyl (C=O) groups is 1. The summed E-state index contributed by atoms with van der Waals surface area (Å²) in [6.07, 6.45) is 4.39. The summed E-state index contributed by atoms with van der Waals surface area (Å²) in [6.45, 7) is 3.19. The van der Waals surface area contributed by atoms with Crippen molar-refractivity contribution < 1.29 is 18.0 Å². The van der Waals surface area contributed by atoms with Gasteiger partial charge in [-0.25, -0.2) is 14.8 Å². The Hall–Kier alpha value is -4.75. The van der Waals surface area contributed by atoms with E-state index in [4.69, 9.17) is 5.73 Å². The van der Waals surface area contributed by atoms with Gasteiger partial charge in [-0.15, -0.1) is 0 Å². The van der Waals surface area contributed by atoms with E-state index in [1.807, 2.05) is 30.3 Å². The van der Waals surface area contributed by atoms with Crippen molar-refractivity contribution in [2.45, 2.75) is 31.6 Å². The minimum atomic E-state index is -4.56. The number of nitrogens with two attached hydrogens (primary N) is 1. The van der Waals surface area contributed by atoms with Crippen LogP contribution in [0.4, 0.5) is 35.2 Å². The first kappa shape index (κ1) is 29.0. The van der Waals surface area contributed by atoms with E-state index in [1.54, 1.807) is 18.5 Å². The predicted molar refractivity (Wildman–Crippen MR) is 168 cm³/mol. The number of aromatic nitrogens is 4. The zero-order chi connectivity index (χ0) is 31.3. The van der Waals surface area contributed by atoms with E-state index in [9.17, 15) is 18.0 Å². The molecular formula is C32H32F3N9O. The number of urea groups is 1. The van der Waals surface area contributed by atoms with E-state index >= 15 is 0 Å². The van der Waals surface area contributed by atoms with Gasteiger partial charge in [0.1, 0.15) is 17.8 Å². The Morgan fingerprint density at radius 1 is 1.00 bits per heavy atom. The van der Waals surface area contributed by atoms with Crippen molar-refractivity contribution in [1.82, 2.24) is 29.3 Å². The molecule has 2 aliphatic rings. The van der Waals surface area contributed by atoms with Crippen LogP contribution in [0.1, 0.15) is 30.0 Å². The van der Waals surface area contributed by atoms with Crippen molar-refractivity contribution in [3.05, 3.63) is 72.4 Å². The molecule has 0 atom stereocenters. The first-order valence-electron chi connectivity index (χ1n) is 14.8. The van der Waals surface area contributed by atoms with Gasteiger partial charge >= 0.3 is 12.2 Å². The Morgan fingerprint density at radius 2 is 1.80 bits per heavy atom. The van der Waals surface area contributed by atoms with Crippen LogP contribution in [0, 0.1) is 0 Å². The molecule has 0 unspecified atom stereocenters. The fourth-order valence-electron chi connectivity index (χ4n) is 6.07. The quantitative estimate of drug-likeness (QED) is 0.215. The number of piperazine rings is 1. The highest BCUT2D eigenvalue weighted by atomic mass is 19.4. The lowest BCUT2D eigenvalue weighted by Gasteiger charge is -2.33. The number of amides is 2. The summed E-state index contributed by atoms with van der Waals surface area (Å²) in [7, 11) is 2.00. The van der Waals surface area contributed by atoms with E-state index in [0.717, 1.165) is 59.5 Å². The van der Waals surface area contributed by atoms with Gasteiger partial charge in [0.2, 0.25) is 0 Å². The monoisotopic (exact) mass is 615 g/mol. The zero-order valence-corrected chi connectivity index (χ0v) is 24.6. The van der Waals surface area contributed by atoms with Gasteiger partial charge in [-0.1, -0.05) is 12.1 Å². The van der Waals surface area contributed by atoms with Gasteiger partial charge in [-0.3, -0.25) is 9.88 Å². The number of fused-ring (bicyclic) bond motifs is 2. The summed E-state index contributed by atoms with van der Waals surface area (Å²) < 4.78 is 44.4. The van der Waals surface area contributed by atoms with Crippen LogP contribution < -0.4 is 16.4 Å². The maximum absolute atomic E-state index is 14.1. The lowest BCUT2D eigenvalue weighted by Crippen LogP contribution is -2.44. The number of pyridine rings is 1. The second-order valence-corrected chi connectivity index (χ2v) is 11.7. The van der Waals surface area contributed by atoms with Crippen molar-refractivity contribution in [3.63, 3.8) is 0 Å². The lowest BCUT2D eigenvalue weighted by atomic mass is 9.98. The molecule has 0 spiro atoms. The molecule has 2 aromatic carbocycles. The third-order valence-electron chi connectivity index (χ3n) is 8.60. The van der Waals surface area contributed by atoms with Crippen molar-refractivity contribution in [2.75, 3.05) is 49.6 Å². The topological polar surface area (TPSA) is 117 Å². The van der Waals surface area contributed by atoms with E-state index < -0.39 is 17.8 Å². The van der Waals surface area contributed by atoms with Crippen LogP contribution >= 0.6 is 0 Å². The predicted octanol–water partition coefficient (Wildman–Crippen LogP) is 5.97. The minimum absolute atomic E-state index is 0.0457. The first-order valence-corrected chi connectivity index (χ1v) is 14.8. The molecule has 45 heavy (non-hydrogen) atoms. The molecule has 13 heteroatoms. The molecule has 232 valence electrons. The molecule has 1 saturated heterocycles.